The first kappa shape index (κ1) is 14.1. The van der Waals surface area contributed by atoms with Crippen molar-refractivity contribution in [3.63, 3.8) is 0 Å². The third kappa shape index (κ3) is 3.39. The summed E-state index contributed by atoms with van der Waals surface area (Å²) in [7, 11) is 1.76. The molecule has 104 valence electrons. The minimum Gasteiger partial charge on any atom is -0.336 e. The molecular weight excluding hydrogens is 252 g/mol. The molecule has 1 amide bonds. The van der Waals surface area contributed by atoms with E-state index in [1.165, 1.54) is 0 Å². The molecule has 5 nitrogen and oxygen atoms in total. The Morgan fingerprint density at radius 3 is 2.80 bits per heavy atom. The monoisotopic (exact) mass is 270 g/mol. The SMILES string of the molecule is Cc1cccc(CN(C)C(=O)c2ccnc(CN)c2)n1. The summed E-state index contributed by atoms with van der Waals surface area (Å²) in [6, 6.07) is 9.20. The van der Waals surface area contributed by atoms with E-state index in [4.69, 9.17) is 5.73 Å². The number of aromatic nitrogens is 2. The predicted molar refractivity (Wildman–Crippen MR) is 76.9 cm³/mol. The summed E-state index contributed by atoms with van der Waals surface area (Å²) in [5.74, 6) is -0.0644. The van der Waals surface area contributed by atoms with E-state index in [9.17, 15) is 4.79 Å². The molecule has 0 aliphatic rings. The highest BCUT2D eigenvalue weighted by atomic mass is 16.2. The lowest BCUT2D eigenvalue weighted by Crippen LogP contribution is -2.27. The van der Waals surface area contributed by atoms with Gasteiger partial charge in [-0.3, -0.25) is 14.8 Å². The van der Waals surface area contributed by atoms with Crippen molar-refractivity contribution in [3.05, 3.63) is 59.2 Å². The molecule has 2 rings (SSSR count). The van der Waals surface area contributed by atoms with Gasteiger partial charge in [0.05, 0.1) is 17.9 Å². The van der Waals surface area contributed by atoms with Gasteiger partial charge >= 0.3 is 0 Å². The van der Waals surface area contributed by atoms with Crippen molar-refractivity contribution in [3.8, 4) is 0 Å². The fourth-order valence-corrected chi connectivity index (χ4v) is 1.95. The lowest BCUT2D eigenvalue weighted by atomic mass is 10.2. The van der Waals surface area contributed by atoms with Crippen molar-refractivity contribution >= 4 is 5.91 Å². The summed E-state index contributed by atoms with van der Waals surface area (Å²) in [5.41, 5.74) is 8.65. The smallest absolute Gasteiger partial charge is 0.254 e. The molecule has 0 spiro atoms. The summed E-state index contributed by atoms with van der Waals surface area (Å²) < 4.78 is 0. The first-order chi connectivity index (χ1) is 9.60. The summed E-state index contributed by atoms with van der Waals surface area (Å²) in [4.78, 5) is 22.5. The Morgan fingerprint density at radius 1 is 1.30 bits per heavy atom. The van der Waals surface area contributed by atoms with Gasteiger partial charge in [-0.2, -0.15) is 0 Å². The number of carbonyl (C=O) groups excluding carboxylic acids is 1. The van der Waals surface area contributed by atoms with Crippen molar-refractivity contribution in [1.29, 1.82) is 0 Å². The fraction of sp³-hybridized carbons (Fsp3) is 0.267. The van der Waals surface area contributed by atoms with Gasteiger partial charge in [-0.1, -0.05) is 6.07 Å². The maximum absolute atomic E-state index is 12.3. The second-order valence-corrected chi connectivity index (χ2v) is 4.67. The Bertz CT molecular complexity index is 612. The molecule has 0 saturated heterocycles. The van der Waals surface area contributed by atoms with Gasteiger partial charge in [-0.15, -0.1) is 0 Å². The molecule has 2 heterocycles. The highest BCUT2D eigenvalue weighted by Gasteiger charge is 2.13. The molecule has 0 aliphatic carbocycles. The largest absolute Gasteiger partial charge is 0.336 e. The second-order valence-electron chi connectivity index (χ2n) is 4.67. The molecule has 0 atom stereocenters. The lowest BCUT2D eigenvalue weighted by molar-refractivity contribution is 0.0783. The molecule has 0 radical (unpaired) electrons. The van der Waals surface area contributed by atoms with E-state index < -0.39 is 0 Å². The van der Waals surface area contributed by atoms with Crippen LogP contribution in [0.25, 0.3) is 0 Å². The zero-order valence-corrected chi connectivity index (χ0v) is 11.7. The maximum atomic E-state index is 12.3. The van der Waals surface area contributed by atoms with E-state index in [2.05, 4.69) is 9.97 Å². The Kier molecular flexibility index (Phi) is 4.42. The Balaban J connectivity index is 2.12. The number of rotatable bonds is 4. The number of carbonyl (C=O) groups is 1. The molecule has 0 unspecified atom stereocenters. The van der Waals surface area contributed by atoms with Crippen molar-refractivity contribution < 1.29 is 4.79 Å². The summed E-state index contributed by atoms with van der Waals surface area (Å²) in [6.45, 7) is 2.73. The van der Waals surface area contributed by atoms with Crippen molar-refractivity contribution in [2.45, 2.75) is 20.0 Å². The third-order valence-corrected chi connectivity index (χ3v) is 2.96. The van der Waals surface area contributed by atoms with E-state index >= 15 is 0 Å². The summed E-state index contributed by atoms with van der Waals surface area (Å²) in [5, 5.41) is 0. The Morgan fingerprint density at radius 2 is 2.10 bits per heavy atom. The number of aryl methyl sites for hydroxylation is 1. The molecule has 2 N–H and O–H groups in total. The second kappa shape index (κ2) is 6.25. The van der Waals surface area contributed by atoms with Crippen LogP contribution in [0.2, 0.25) is 0 Å². The molecule has 0 aliphatic heterocycles. The van der Waals surface area contributed by atoms with Crippen molar-refractivity contribution in [2.75, 3.05) is 7.05 Å². The van der Waals surface area contributed by atoms with Gasteiger partial charge < -0.3 is 10.6 Å². The molecule has 0 saturated carbocycles. The standard InChI is InChI=1S/C15H18N4O/c1-11-4-3-5-13(18-11)10-19(2)15(20)12-6-7-17-14(8-12)9-16/h3-8H,9-10,16H2,1-2H3. The topological polar surface area (TPSA) is 72.1 Å². The first-order valence-electron chi connectivity index (χ1n) is 6.43. The number of nitrogens with two attached hydrogens (primary N) is 1. The number of amides is 1. The molecule has 5 heteroatoms. The fourth-order valence-electron chi connectivity index (χ4n) is 1.95. The van der Waals surface area contributed by atoms with Crippen LogP contribution in [0.15, 0.2) is 36.5 Å². The number of hydrogen-bond donors (Lipinski definition) is 1. The normalized spacial score (nSPS) is 10.3. The van der Waals surface area contributed by atoms with Crippen LogP contribution in [0, 0.1) is 6.92 Å². The number of nitrogens with zero attached hydrogens (tertiary/aromatic N) is 3. The molecule has 2 aromatic rings. The van der Waals surface area contributed by atoms with Gasteiger partial charge in [0.15, 0.2) is 0 Å². The maximum Gasteiger partial charge on any atom is 0.254 e. The van der Waals surface area contributed by atoms with E-state index in [0.717, 1.165) is 11.4 Å². The predicted octanol–water partition coefficient (Wildman–Crippen LogP) is 1.52. The van der Waals surface area contributed by atoms with Crippen molar-refractivity contribution in [1.82, 2.24) is 14.9 Å². The lowest BCUT2D eigenvalue weighted by Gasteiger charge is -2.17. The molecule has 20 heavy (non-hydrogen) atoms. The van der Waals surface area contributed by atoms with E-state index in [1.54, 1.807) is 30.3 Å². The summed E-state index contributed by atoms with van der Waals surface area (Å²) in [6.07, 6.45) is 1.61. The minimum atomic E-state index is -0.0644. The summed E-state index contributed by atoms with van der Waals surface area (Å²) >= 11 is 0. The van der Waals surface area contributed by atoms with Crippen LogP contribution in [0.1, 0.15) is 27.4 Å². The van der Waals surface area contributed by atoms with Crippen LogP contribution < -0.4 is 5.73 Å². The van der Waals surface area contributed by atoms with Gasteiger partial charge in [-0.25, -0.2) is 0 Å². The van der Waals surface area contributed by atoms with Gasteiger partial charge in [-0.05, 0) is 31.2 Å². The zero-order valence-electron chi connectivity index (χ0n) is 11.7. The average molecular weight is 270 g/mol. The number of hydrogen-bond acceptors (Lipinski definition) is 4. The van der Waals surface area contributed by atoms with Crippen LogP contribution >= 0.6 is 0 Å². The van der Waals surface area contributed by atoms with Gasteiger partial charge in [0, 0.05) is 31.0 Å². The third-order valence-electron chi connectivity index (χ3n) is 2.96. The molecule has 0 bridgehead atoms. The first-order valence-corrected chi connectivity index (χ1v) is 6.43. The van der Waals surface area contributed by atoms with Gasteiger partial charge in [0.1, 0.15) is 0 Å². The van der Waals surface area contributed by atoms with Crippen molar-refractivity contribution in [2.24, 2.45) is 5.73 Å². The molecule has 2 aromatic heterocycles. The van der Waals surface area contributed by atoms with Crippen LogP contribution in [0.3, 0.4) is 0 Å². The quantitative estimate of drug-likeness (QED) is 0.914. The van der Waals surface area contributed by atoms with Gasteiger partial charge in [0.2, 0.25) is 0 Å². The Hall–Kier alpha value is -2.27. The molecule has 0 fully saturated rings. The number of pyridine rings is 2. The Labute approximate surface area is 118 Å². The van der Waals surface area contributed by atoms with Crippen LogP contribution in [-0.2, 0) is 13.1 Å². The van der Waals surface area contributed by atoms with E-state index in [1.807, 2.05) is 25.1 Å². The molecular formula is C15H18N4O. The van der Waals surface area contributed by atoms with E-state index in [0.29, 0.717) is 24.3 Å². The zero-order chi connectivity index (χ0) is 14.5. The molecule has 0 aromatic carbocycles. The highest BCUT2D eigenvalue weighted by Crippen LogP contribution is 2.08. The minimum absolute atomic E-state index is 0.0644. The van der Waals surface area contributed by atoms with Crippen LogP contribution in [0.4, 0.5) is 0 Å². The average Bonchev–Trinajstić information content (AvgIpc) is 2.46. The van der Waals surface area contributed by atoms with E-state index in [-0.39, 0.29) is 5.91 Å². The van der Waals surface area contributed by atoms with Crippen LogP contribution in [0.5, 0.6) is 0 Å². The highest BCUT2D eigenvalue weighted by molar-refractivity contribution is 5.94. The van der Waals surface area contributed by atoms with Crippen LogP contribution in [-0.4, -0.2) is 27.8 Å². The van der Waals surface area contributed by atoms with Gasteiger partial charge in [0.25, 0.3) is 5.91 Å².